The van der Waals surface area contributed by atoms with Crippen LogP contribution in [0.4, 0.5) is 0 Å². The Kier molecular flexibility index (Phi) is 5.08. The smallest absolute Gasteiger partial charge is 0.0471 e. The first-order valence-electron chi connectivity index (χ1n) is 7.37. The quantitative estimate of drug-likeness (QED) is 0.906. The Hall–Kier alpha value is -0.610. The minimum absolute atomic E-state index is 0.0899. The number of nitrogens with zero attached hydrogens (tertiary/aromatic N) is 2. The summed E-state index contributed by atoms with van der Waals surface area (Å²) < 4.78 is 0. The highest BCUT2D eigenvalue weighted by molar-refractivity contribution is 6.30. The SMILES string of the molecule is CC(C)N1CCC(CN)(N(C)Cc2cccc(Cl)c2)C1. The molecule has 4 heteroatoms. The third-order valence-corrected chi connectivity index (χ3v) is 4.83. The molecule has 1 fully saturated rings. The van der Waals surface area contributed by atoms with Crippen molar-refractivity contribution in [2.45, 2.75) is 38.4 Å². The molecule has 1 aliphatic heterocycles. The van der Waals surface area contributed by atoms with E-state index in [9.17, 15) is 0 Å². The Morgan fingerprint density at radius 1 is 1.45 bits per heavy atom. The van der Waals surface area contributed by atoms with Crippen LogP contribution in [0.1, 0.15) is 25.8 Å². The van der Waals surface area contributed by atoms with Gasteiger partial charge >= 0.3 is 0 Å². The maximum atomic E-state index is 6.12. The van der Waals surface area contributed by atoms with E-state index in [4.69, 9.17) is 17.3 Å². The number of hydrogen-bond acceptors (Lipinski definition) is 3. The number of nitrogens with two attached hydrogens (primary N) is 1. The zero-order valence-electron chi connectivity index (χ0n) is 12.8. The van der Waals surface area contributed by atoms with Gasteiger partial charge < -0.3 is 5.73 Å². The molecule has 3 nitrogen and oxygen atoms in total. The second-order valence-electron chi connectivity index (χ2n) is 6.23. The fourth-order valence-corrected chi connectivity index (χ4v) is 3.25. The zero-order chi connectivity index (χ0) is 14.8. The molecule has 0 aromatic heterocycles. The molecule has 0 radical (unpaired) electrons. The van der Waals surface area contributed by atoms with Crippen LogP contribution in [-0.2, 0) is 6.54 Å². The lowest BCUT2D eigenvalue weighted by Gasteiger charge is -2.38. The van der Waals surface area contributed by atoms with Gasteiger partial charge in [-0.1, -0.05) is 23.7 Å². The molecule has 0 bridgehead atoms. The van der Waals surface area contributed by atoms with Crippen molar-refractivity contribution in [3.8, 4) is 0 Å². The van der Waals surface area contributed by atoms with Gasteiger partial charge in [0.1, 0.15) is 0 Å². The number of benzene rings is 1. The van der Waals surface area contributed by atoms with Crippen LogP contribution in [0, 0.1) is 0 Å². The Balaban J connectivity index is 2.08. The van der Waals surface area contributed by atoms with Crippen molar-refractivity contribution >= 4 is 11.6 Å². The lowest BCUT2D eigenvalue weighted by atomic mass is 9.96. The van der Waals surface area contributed by atoms with Crippen molar-refractivity contribution in [1.82, 2.24) is 9.80 Å². The summed E-state index contributed by atoms with van der Waals surface area (Å²) in [5.41, 5.74) is 7.46. The zero-order valence-corrected chi connectivity index (χ0v) is 13.5. The van der Waals surface area contributed by atoms with E-state index in [0.29, 0.717) is 12.6 Å². The van der Waals surface area contributed by atoms with Crippen molar-refractivity contribution in [2.75, 3.05) is 26.7 Å². The number of rotatable bonds is 5. The molecule has 1 saturated heterocycles. The topological polar surface area (TPSA) is 32.5 Å². The monoisotopic (exact) mass is 295 g/mol. The molecule has 2 rings (SSSR count). The van der Waals surface area contributed by atoms with Crippen LogP contribution in [0.5, 0.6) is 0 Å². The molecule has 1 heterocycles. The molecule has 112 valence electrons. The molecular formula is C16H26ClN3. The minimum atomic E-state index is 0.0899. The number of likely N-dealkylation sites (tertiary alicyclic amines) is 1. The van der Waals surface area contributed by atoms with E-state index in [1.165, 1.54) is 5.56 Å². The first kappa shape index (κ1) is 15.8. The largest absolute Gasteiger partial charge is 0.329 e. The summed E-state index contributed by atoms with van der Waals surface area (Å²) in [6, 6.07) is 8.68. The Bertz CT molecular complexity index is 449. The van der Waals surface area contributed by atoms with Gasteiger partial charge in [-0.05, 0) is 45.0 Å². The van der Waals surface area contributed by atoms with Crippen molar-refractivity contribution in [2.24, 2.45) is 5.73 Å². The molecule has 1 aromatic carbocycles. The molecule has 1 unspecified atom stereocenters. The van der Waals surface area contributed by atoms with E-state index in [2.05, 4.69) is 36.8 Å². The first-order valence-corrected chi connectivity index (χ1v) is 7.74. The van der Waals surface area contributed by atoms with Crippen molar-refractivity contribution in [1.29, 1.82) is 0 Å². The van der Waals surface area contributed by atoms with Crippen LogP contribution in [0.2, 0.25) is 5.02 Å². The van der Waals surface area contributed by atoms with E-state index in [0.717, 1.165) is 31.1 Å². The molecule has 0 spiro atoms. The molecule has 0 saturated carbocycles. The van der Waals surface area contributed by atoms with Crippen LogP contribution >= 0.6 is 11.6 Å². The van der Waals surface area contributed by atoms with Gasteiger partial charge in [0, 0.05) is 42.8 Å². The summed E-state index contributed by atoms with van der Waals surface area (Å²) in [7, 11) is 2.18. The third kappa shape index (κ3) is 3.34. The Labute approximate surface area is 127 Å². The summed E-state index contributed by atoms with van der Waals surface area (Å²) in [6.45, 7) is 8.29. The van der Waals surface area contributed by atoms with Gasteiger partial charge in [-0.3, -0.25) is 9.80 Å². The van der Waals surface area contributed by atoms with Crippen molar-refractivity contribution in [3.05, 3.63) is 34.9 Å². The van der Waals surface area contributed by atoms with E-state index in [1.807, 2.05) is 18.2 Å². The van der Waals surface area contributed by atoms with Gasteiger partial charge in [0.2, 0.25) is 0 Å². The predicted molar refractivity (Wildman–Crippen MR) is 86.0 cm³/mol. The molecule has 1 atom stereocenters. The van der Waals surface area contributed by atoms with Crippen LogP contribution in [-0.4, -0.2) is 48.1 Å². The summed E-state index contributed by atoms with van der Waals surface area (Å²) >= 11 is 6.07. The standard InChI is InChI=1S/C16H26ClN3/c1-13(2)20-8-7-16(11-18,12-20)19(3)10-14-5-4-6-15(17)9-14/h4-6,9,13H,7-8,10-12,18H2,1-3H3. The average molecular weight is 296 g/mol. The fourth-order valence-electron chi connectivity index (χ4n) is 3.04. The Morgan fingerprint density at radius 3 is 2.75 bits per heavy atom. The number of likely N-dealkylation sites (N-methyl/N-ethyl adjacent to an activating group) is 1. The Morgan fingerprint density at radius 2 is 2.20 bits per heavy atom. The van der Waals surface area contributed by atoms with Crippen LogP contribution in [0.25, 0.3) is 0 Å². The van der Waals surface area contributed by atoms with Crippen LogP contribution in [0.15, 0.2) is 24.3 Å². The average Bonchev–Trinajstić information content (AvgIpc) is 2.84. The highest BCUT2D eigenvalue weighted by Crippen LogP contribution is 2.29. The summed E-state index contributed by atoms with van der Waals surface area (Å²) in [4.78, 5) is 4.92. The minimum Gasteiger partial charge on any atom is -0.329 e. The lowest BCUT2D eigenvalue weighted by Crippen LogP contribution is -2.54. The summed E-state index contributed by atoms with van der Waals surface area (Å²) in [5, 5.41) is 0.799. The van der Waals surface area contributed by atoms with Gasteiger partial charge in [-0.15, -0.1) is 0 Å². The van der Waals surface area contributed by atoms with E-state index < -0.39 is 0 Å². The molecule has 1 aromatic rings. The number of halogens is 1. The van der Waals surface area contributed by atoms with Gasteiger partial charge in [0.05, 0.1) is 0 Å². The normalized spacial score (nSPS) is 23.9. The van der Waals surface area contributed by atoms with Crippen LogP contribution in [0.3, 0.4) is 0 Å². The van der Waals surface area contributed by atoms with Gasteiger partial charge in [0.15, 0.2) is 0 Å². The molecule has 0 amide bonds. The summed E-state index contributed by atoms with van der Waals surface area (Å²) in [6.07, 6.45) is 1.14. The van der Waals surface area contributed by atoms with Gasteiger partial charge in [0.25, 0.3) is 0 Å². The predicted octanol–water partition coefficient (Wildman–Crippen LogP) is 2.58. The summed E-state index contributed by atoms with van der Waals surface area (Å²) in [5.74, 6) is 0. The molecule has 20 heavy (non-hydrogen) atoms. The molecular weight excluding hydrogens is 270 g/mol. The van der Waals surface area contributed by atoms with E-state index in [1.54, 1.807) is 0 Å². The van der Waals surface area contributed by atoms with E-state index >= 15 is 0 Å². The molecule has 1 aliphatic rings. The molecule has 0 aliphatic carbocycles. The van der Waals surface area contributed by atoms with Gasteiger partial charge in [-0.2, -0.15) is 0 Å². The highest BCUT2D eigenvalue weighted by atomic mass is 35.5. The lowest BCUT2D eigenvalue weighted by molar-refractivity contribution is 0.116. The van der Waals surface area contributed by atoms with Crippen LogP contribution < -0.4 is 5.73 Å². The highest BCUT2D eigenvalue weighted by Gasteiger charge is 2.40. The number of hydrogen-bond donors (Lipinski definition) is 1. The van der Waals surface area contributed by atoms with E-state index in [-0.39, 0.29) is 5.54 Å². The maximum Gasteiger partial charge on any atom is 0.0471 e. The maximum absolute atomic E-state index is 6.12. The second-order valence-corrected chi connectivity index (χ2v) is 6.67. The first-order chi connectivity index (χ1) is 9.47. The fraction of sp³-hybridized carbons (Fsp3) is 0.625. The van der Waals surface area contributed by atoms with Gasteiger partial charge in [-0.25, -0.2) is 0 Å². The van der Waals surface area contributed by atoms with Crippen molar-refractivity contribution < 1.29 is 0 Å². The van der Waals surface area contributed by atoms with Crippen molar-refractivity contribution in [3.63, 3.8) is 0 Å². The second kappa shape index (κ2) is 6.44. The third-order valence-electron chi connectivity index (χ3n) is 4.59. The molecule has 2 N–H and O–H groups in total.